The molecule has 0 saturated carbocycles. The number of nitrogens with one attached hydrogen (secondary N) is 1. The monoisotopic (exact) mass is 397 g/mol. The maximum absolute atomic E-state index is 11.9. The van der Waals surface area contributed by atoms with Gasteiger partial charge in [-0.25, -0.2) is 4.79 Å². The lowest BCUT2D eigenvalue weighted by Crippen LogP contribution is -2.20. The zero-order chi connectivity index (χ0) is 16.8. The zero-order valence-corrected chi connectivity index (χ0v) is 14.5. The number of rotatable bonds is 5. The molecule has 1 N–H and O–H groups in total. The van der Waals surface area contributed by atoms with E-state index in [-0.39, 0.29) is 12.5 Å². The van der Waals surface area contributed by atoms with Crippen LogP contribution in [-0.4, -0.2) is 25.6 Å². The number of carbonyl (C=O) groups is 2. The maximum atomic E-state index is 11.9. The standard InChI is InChI=1S/C16H13BrClNO4/c1-22-16(21)10-2-5-12(6-3-10)19-15(20)9-23-14-7-4-11(17)8-13(14)18/h2-8H,9H2,1H3,(H,19,20). The van der Waals surface area contributed by atoms with Crippen LogP contribution in [0.25, 0.3) is 0 Å². The first-order valence-electron chi connectivity index (χ1n) is 6.55. The lowest BCUT2D eigenvalue weighted by molar-refractivity contribution is -0.118. The second kappa shape index (κ2) is 7.99. The average Bonchev–Trinajstić information content (AvgIpc) is 2.54. The normalized spacial score (nSPS) is 10.0. The predicted octanol–water partition coefficient (Wildman–Crippen LogP) is 3.91. The lowest BCUT2D eigenvalue weighted by atomic mass is 10.2. The van der Waals surface area contributed by atoms with Crippen LogP contribution in [0.2, 0.25) is 5.02 Å². The molecule has 0 aliphatic heterocycles. The summed E-state index contributed by atoms with van der Waals surface area (Å²) in [4.78, 5) is 23.2. The van der Waals surface area contributed by atoms with Crippen molar-refractivity contribution in [2.45, 2.75) is 0 Å². The fourth-order valence-electron chi connectivity index (χ4n) is 1.74. The molecule has 0 aromatic heterocycles. The summed E-state index contributed by atoms with van der Waals surface area (Å²) in [7, 11) is 1.31. The quantitative estimate of drug-likeness (QED) is 0.776. The number of anilines is 1. The summed E-state index contributed by atoms with van der Waals surface area (Å²) in [5.74, 6) is -0.350. The highest BCUT2D eigenvalue weighted by molar-refractivity contribution is 9.10. The summed E-state index contributed by atoms with van der Waals surface area (Å²) >= 11 is 9.29. The Morgan fingerprint density at radius 1 is 1.17 bits per heavy atom. The second-order valence-corrected chi connectivity index (χ2v) is 5.80. The molecule has 2 rings (SSSR count). The van der Waals surface area contributed by atoms with Crippen LogP contribution in [0.5, 0.6) is 5.75 Å². The second-order valence-electron chi connectivity index (χ2n) is 4.48. The van der Waals surface area contributed by atoms with Gasteiger partial charge >= 0.3 is 5.97 Å². The van der Waals surface area contributed by atoms with Gasteiger partial charge in [-0.3, -0.25) is 4.79 Å². The minimum atomic E-state index is -0.434. The first kappa shape index (κ1) is 17.3. The molecule has 0 unspecified atom stereocenters. The van der Waals surface area contributed by atoms with Crippen LogP contribution in [0.3, 0.4) is 0 Å². The molecule has 0 aliphatic rings. The molecular weight excluding hydrogens is 386 g/mol. The minimum absolute atomic E-state index is 0.180. The van der Waals surface area contributed by atoms with Crippen LogP contribution in [0, 0.1) is 0 Å². The molecule has 0 spiro atoms. The molecule has 0 fully saturated rings. The Balaban J connectivity index is 1.90. The van der Waals surface area contributed by atoms with E-state index in [1.165, 1.54) is 7.11 Å². The Bertz CT molecular complexity index is 719. The van der Waals surface area contributed by atoms with Crippen LogP contribution in [0.1, 0.15) is 10.4 Å². The number of hydrogen-bond acceptors (Lipinski definition) is 4. The van der Waals surface area contributed by atoms with Gasteiger partial charge in [-0.1, -0.05) is 27.5 Å². The van der Waals surface area contributed by atoms with E-state index in [4.69, 9.17) is 16.3 Å². The number of esters is 1. The summed E-state index contributed by atoms with van der Waals surface area (Å²) in [6.07, 6.45) is 0. The fraction of sp³-hybridized carbons (Fsp3) is 0.125. The van der Waals surface area contributed by atoms with E-state index < -0.39 is 5.97 Å². The SMILES string of the molecule is COC(=O)c1ccc(NC(=O)COc2ccc(Br)cc2Cl)cc1. The van der Waals surface area contributed by atoms with Gasteiger partial charge in [0.15, 0.2) is 6.61 Å². The van der Waals surface area contributed by atoms with E-state index >= 15 is 0 Å². The van der Waals surface area contributed by atoms with Gasteiger partial charge in [-0.15, -0.1) is 0 Å². The molecule has 120 valence electrons. The Morgan fingerprint density at radius 2 is 1.87 bits per heavy atom. The Labute approximate surface area is 146 Å². The molecule has 0 atom stereocenters. The van der Waals surface area contributed by atoms with Gasteiger partial charge in [-0.2, -0.15) is 0 Å². The third-order valence-corrected chi connectivity index (χ3v) is 3.63. The number of amides is 1. The van der Waals surface area contributed by atoms with Crippen molar-refractivity contribution in [3.8, 4) is 5.75 Å². The molecule has 0 saturated heterocycles. The topological polar surface area (TPSA) is 64.6 Å². The molecule has 7 heteroatoms. The van der Waals surface area contributed by atoms with E-state index in [1.807, 2.05) is 0 Å². The van der Waals surface area contributed by atoms with E-state index in [0.29, 0.717) is 22.0 Å². The van der Waals surface area contributed by atoms with Gasteiger partial charge in [0.05, 0.1) is 17.7 Å². The molecular formula is C16H13BrClNO4. The van der Waals surface area contributed by atoms with Crippen molar-refractivity contribution in [2.75, 3.05) is 19.0 Å². The van der Waals surface area contributed by atoms with Crippen LogP contribution >= 0.6 is 27.5 Å². The van der Waals surface area contributed by atoms with E-state index in [1.54, 1.807) is 42.5 Å². The van der Waals surface area contributed by atoms with Crippen LogP contribution < -0.4 is 10.1 Å². The number of methoxy groups -OCH3 is 1. The smallest absolute Gasteiger partial charge is 0.337 e. The lowest BCUT2D eigenvalue weighted by Gasteiger charge is -2.09. The Morgan fingerprint density at radius 3 is 2.48 bits per heavy atom. The largest absolute Gasteiger partial charge is 0.482 e. The Hall–Kier alpha value is -2.05. The van der Waals surface area contributed by atoms with Gasteiger partial charge in [0.1, 0.15) is 5.75 Å². The average molecular weight is 399 g/mol. The van der Waals surface area contributed by atoms with E-state index in [9.17, 15) is 9.59 Å². The third-order valence-electron chi connectivity index (χ3n) is 2.84. The van der Waals surface area contributed by atoms with Crippen molar-refractivity contribution in [1.82, 2.24) is 0 Å². The summed E-state index contributed by atoms with van der Waals surface area (Å²) < 4.78 is 10.8. The molecule has 23 heavy (non-hydrogen) atoms. The number of hydrogen-bond donors (Lipinski definition) is 1. The molecule has 1 amide bonds. The molecule has 5 nitrogen and oxygen atoms in total. The highest BCUT2D eigenvalue weighted by Gasteiger charge is 2.08. The van der Waals surface area contributed by atoms with Gasteiger partial charge in [0.25, 0.3) is 5.91 Å². The summed E-state index contributed by atoms with van der Waals surface area (Å²) in [6.45, 7) is -0.180. The van der Waals surface area contributed by atoms with Crippen molar-refractivity contribution in [1.29, 1.82) is 0 Å². The Kier molecular flexibility index (Phi) is 6.01. The van der Waals surface area contributed by atoms with E-state index in [0.717, 1.165) is 4.47 Å². The summed E-state index contributed by atoms with van der Waals surface area (Å²) in [6, 6.07) is 11.5. The van der Waals surface area contributed by atoms with Gasteiger partial charge < -0.3 is 14.8 Å². The number of carbonyl (C=O) groups excluding carboxylic acids is 2. The molecule has 2 aromatic carbocycles. The molecule has 2 aromatic rings. The number of ether oxygens (including phenoxy) is 2. The summed E-state index contributed by atoms with van der Waals surface area (Å²) in [5, 5.41) is 3.07. The minimum Gasteiger partial charge on any atom is -0.482 e. The highest BCUT2D eigenvalue weighted by Crippen LogP contribution is 2.27. The number of benzene rings is 2. The number of halogens is 2. The third kappa shape index (κ3) is 4.97. The first-order valence-corrected chi connectivity index (χ1v) is 7.73. The fourth-order valence-corrected chi connectivity index (χ4v) is 2.47. The molecule has 0 aliphatic carbocycles. The maximum Gasteiger partial charge on any atom is 0.337 e. The van der Waals surface area contributed by atoms with Gasteiger partial charge in [-0.05, 0) is 42.5 Å². The van der Waals surface area contributed by atoms with Crippen molar-refractivity contribution in [3.63, 3.8) is 0 Å². The highest BCUT2D eigenvalue weighted by atomic mass is 79.9. The first-order chi connectivity index (χ1) is 11.0. The predicted molar refractivity (Wildman–Crippen MR) is 91.1 cm³/mol. The van der Waals surface area contributed by atoms with Crippen molar-refractivity contribution in [3.05, 3.63) is 57.5 Å². The van der Waals surface area contributed by atoms with Crippen molar-refractivity contribution < 1.29 is 19.1 Å². The zero-order valence-electron chi connectivity index (χ0n) is 12.1. The van der Waals surface area contributed by atoms with Crippen molar-refractivity contribution in [2.24, 2.45) is 0 Å². The van der Waals surface area contributed by atoms with Crippen LogP contribution in [0.15, 0.2) is 46.9 Å². The van der Waals surface area contributed by atoms with E-state index in [2.05, 4.69) is 26.0 Å². The molecule has 0 radical (unpaired) electrons. The van der Waals surface area contributed by atoms with Gasteiger partial charge in [0.2, 0.25) is 0 Å². The van der Waals surface area contributed by atoms with Crippen LogP contribution in [-0.2, 0) is 9.53 Å². The summed E-state index contributed by atoms with van der Waals surface area (Å²) in [5.41, 5.74) is 0.955. The molecule has 0 heterocycles. The van der Waals surface area contributed by atoms with Crippen molar-refractivity contribution >= 4 is 45.1 Å². The molecule has 0 bridgehead atoms. The van der Waals surface area contributed by atoms with Gasteiger partial charge in [0, 0.05) is 10.2 Å². The van der Waals surface area contributed by atoms with Crippen LogP contribution in [0.4, 0.5) is 5.69 Å².